The molecule has 5 heteroatoms. The second-order valence-electron chi connectivity index (χ2n) is 8.77. The van der Waals surface area contributed by atoms with Crippen LogP contribution >= 0.6 is 0 Å². The number of para-hydroxylation sites is 1. The van der Waals surface area contributed by atoms with Gasteiger partial charge in [0.25, 0.3) is 0 Å². The molecule has 29 heavy (non-hydrogen) atoms. The van der Waals surface area contributed by atoms with Crippen molar-refractivity contribution in [3.63, 3.8) is 0 Å². The summed E-state index contributed by atoms with van der Waals surface area (Å²) in [6.07, 6.45) is 3.19. The van der Waals surface area contributed by atoms with Gasteiger partial charge < -0.3 is 9.47 Å². The molecule has 3 rings (SSSR count). The highest BCUT2D eigenvalue weighted by molar-refractivity contribution is 6.12. The maximum Gasteiger partial charge on any atom is 0.336 e. The van der Waals surface area contributed by atoms with Gasteiger partial charge in [-0.05, 0) is 31.2 Å². The van der Waals surface area contributed by atoms with Crippen LogP contribution in [0.25, 0.3) is 0 Å². The molecule has 0 amide bonds. The molecule has 1 fully saturated rings. The molecule has 1 aliphatic carbocycles. The first-order valence-corrected chi connectivity index (χ1v) is 10.4. The molecular formula is C24H31NO4. The molecule has 1 aliphatic heterocycles. The molecule has 1 unspecified atom stereocenters. The third-order valence-corrected chi connectivity index (χ3v) is 5.78. The average molecular weight is 398 g/mol. The van der Waals surface area contributed by atoms with Crippen molar-refractivity contribution in [1.82, 2.24) is 0 Å². The van der Waals surface area contributed by atoms with Crippen LogP contribution in [-0.4, -0.2) is 31.2 Å². The number of fused-ring (bicyclic) bond motifs is 1. The SMILES string of the molecule is CCCCOc1ccccc1[C@H]1C(C(=O)OC)=C(C)N=C2CC(C)(C)CC(=O)C21. The van der Waals surface area contributed by atoms with E-state index in [0.717, 1.165) is 36.3 Å². The largest absolute Gasteiger partial charge is 0.493 e. The fourth-order valence-electron chi connectivity index (χ4n) is 4.50. The Morgan fingerprint density at radius 3 is 2.62 bits per heavy atom. The molecule has 0 saturated heterocycles. The van der Waals surface area contributed by atoms with Gasteiger partial charge in [-0.15, -0.1) is 0 Å². The molecule has 0 bridgehead atoms. The van der Waals surface area contributed by atoms with E-state index >= 15 is 0 Å². The number of carbonyl (C=O) groups is 2. The second kappa shape index (κ2) is 8.52. The number of aliphatic imine (C=N–C) groups is 1. The smallest absolute Gasteiger partial charge is 0.336 e. The molecule has 1 saturated carbocycles. The first-order chi connectivity index (χ1) is 13.8. The average Bonchev–Trinajstić information content (AvgIpc) is 2.66. The van der Waals surface area contributed by atoms with Crippen molar-refractivity contribution in [1.29, 1.82) is 0 Å². The summed E-state index contributed by atoms with van der Waals surface area (Å²) in [5.41, 5.74) is 2.68. The van der Waals surface area contributed by atoms with Gasteiger partial charge in [0.05, 0.1) is 25.2 Å². The van der Waals surface area contributed by atoms with Gasteiger partial charge in [0.2, 0.25) is 0 Å². The second-order valence-corrected chi connectivity index (χ2v) is 8.77. The van der Waals surface area contributed by atoms with Crippen molar-refractivity contribution in [2.75, 3.05) is 13.7 Å². The number of allylic oxidation sites excluding steroid dienone is 1. The Hall–Kier alpha value is -2.43. The summed E-state index contributed by atoms with van der Waals surface area (Å²) in [6, 6.07) is 7.72. The van der Waals surface area contributed by atoms with E-state index in [2.05, 4.69) is 20.8 Å². The molecule has 1 heterocycles. The van der Waals surface area contributed by atoms with Gasteiger partial charge in [0.15, 0.2) is 0 Å². The minimum absolute atomic E-state index is 0.127. The van der Waals surface area contributed by atoms with Crippen molar-refractivity contribution in [2.45, 2.75) is 59.3 Å². The zero-order valence-electron chi connectivity index (χ0n) is 18.1. The van der Waals surface area contributed by atoms with Gasteiger partial charge in [-0.25, -0.2) is 4.79 Å². The Labute approximate surface area is 173 Å². The summed E-state index contributed by atoms with van der Waals surface area (Å²) in [5, 5.41) is 0. The molecule has 2 aliphatic rings. The lowest BCUT2D eigenvalue weighted by atomic mass is 9.63. The van der Waals surface area contributed by atoms with E-state index in [4.69, 9.17) is 14.5 Å². The summed E-state index contributed by atoms with van der Waals surface area (Å²) in [5.74, 6) is -0.467. The number of ketones is 1. The maximum atomic E-state index is 13.3. The van der Waals surface area contributed by atoms with Crippen molar-refractivity contribution < 1.29 is 19.1 Å². The Balaban J connectivity index is 2.13. The number of rotatable bonds is 6. The number of methoxy groups -OCH3 is 1. The molecule has 1 aromatic carbocycles. The Kier molecular flexibility index (Phi) is 6.25. The highest BCUT2D eigenvalue weighted by atomic mass is 16.5. The number of hydrogen-bond acceptors (Lipinski definition) is 5. The minimum Gasteiger partial charge on any atom is -0.493 e. The van der Waals surface area contributed by atoms with Crippen LogP contribution in [0.4, 0.5) is 0 Å². The van der Waals surface area contributed by atoms with Crippen LogP contribution in [0.15, 0.2) is 40.5 Å². The lowest BCUT2D eigenvalue weighted by molar-refractivity contribution is -0.136. The van der Waals surface area contributed by atoms with E-state index in [9.17, 15) is 9.59 Å². The van der Waals surface area contributed by atoms with Crippen molar-refractivity contribution >= 4 is 17.5 Å². The number of nitrogens with zero attached hydrogens (tertiary/aromatic N) is 1. The summed E-state index contributed by atoms with van der Waals surface area (Å²) < 4.78 is 11.1. The molecule has 0 spiro atoms. The lowest BCUT2D eigenvalue weighted by Gasteiger charge is -2.41. The first-order valence-electron chi connectivity index (χ1n) is 10.4. The van der Waals surface area contributed by atoms with Crippen LogP contribution in [0.1, 0.15) is 64.9 Å². The molecule has 0 radical (unpaired) electrons. The third-order valence-electron chi connectivity index (χ3n) is 5.78. The van der Waals surface area contributed by atoms with Gasteiger partial charge >= 0.3 is 5.97 Å². The van der Waals surface area contributed by atoms with Gasteiger partial charge in [-0.2, -0.15) is 0 Å². The number of esters is 1. The van der Waals surface area contributed by atoms with Crippen LogP contribution in [0.3, 0.4) is 0 Å². The van der Waals surface area contributed by atoms with Crippen molar-refractivity contribution in [3.8, 4) is 5.75 Å². The van der Waals surface area contributed by atoms with Crippen molar-refractivity contribution in [2.24, 2.45) is 16.3 Å². The monoisotopic (exact) mass is 397 g/mol. The maximum absolute atomic E-state index is 13.3. The number of unbranched alkanes of at least 4 members (excludes halogenated alkanes) is 1. The third kappa shape index (κ3) is 4.29. The minimum atomic E-state index is -0.447. The van der Waals surface area contributed by atoms with Crippen LogP contribution in [-0.2, 0) is 14.3 Å². The van der Waals surface area contributed by atoms with Crippen molar-refractivity contribution in [3.05, 3.63) is 41.1 Å². The molecule has 5 nitrogen and oxygen atoms in total. The fourth-order valence-corrected chi connectivity index (χ4v) is 4.50. The lowest BCUT2D eigenvalue weighted by Crippen LogP contribution is -2.44. The molecular weight excluding hydrogens is 366 g/mol. The van der Waals surface area contributed by atoms with Crippen LogP contribution in [0, 0.1) is 11.3 Å². The standard InChI is InChI=1S/C24H31NO4/c1-6-7-12-29-19-11-9-8-10-16(19)21-20(23(27)28-5)15(2)25-17-13-24(3,4)14-18(26)22(17)21/h8-11,21-22H,6-7,12-14H2,1-5H3/t21-,22?/m0/s1. The van der Waals surface area contributed by atoms with Gasteiger partial charge in [0.1, 0.15) is 11.5 Å². The zero-order chi connectivity index (χ0) is 21.2. The number of ether oxygens (including phenoxy) is 2. The van der Waals surface area contributed by atoms with Gasteiger partial charge in [-0.1, -0.05) is 45.4 Å². The number of benzene rings is 1. The van der Waals surface area contributed by atoms with E-state index < -0.39 is 17.8 Å². The number of hydrogen-bond donors (Lipinski definition) is 0. The summed E-state index contributed by atoms with van der Waals surface area (Å²) in [6.45, 7) is 8.73. The number of carbonyl (C=O) groups excluding carboxylic acids is 2. The molecule has 0 N–H and O–H groups in total. The van der Waals surface area contributed by atoms with E-state index in [0.29, 0.717) is 24.3 Å². The Bertz CT molecular complexity index is 865. The van der Waals surface area contributed by atoms with E-state index in [1.807, 2.05) is 31.2 Å². The number of Topliss-reactive ketones (excluding diaryl/α,β-unsaturated/α-hetero) is 1. The van der Waals surface area contributed by atoms with E-state index in [-0.39, 0.29) is 11.2 Å². The van der Waals surface area contributed by atoms with Crippen LogP contribution in [0.2, 0.25) is 0 Å². The molecule has 156 valence electrons. The van der Waals surface area contributed by atoms with E-state index in [1.54, 1.807) is 0 Å². The molecule has 1 aromatic rings. The van der Waals surface area contributed by atoms with E-state index in [1.165, 1.54) is 7.11 Å². The fraction of sp³-hybridized carbons (Fsp3) is 0.542. The predicted octanol–water partition coefficient (Wildman–Crippen LogP) is 4.86. The highest BCUT2D eigenvalue weighted by Crippen LogP contribution is 2.48. The molecule has 0 aromatic heterocycles. The Morgan fingerprint density at radius 2 is 1.93 bits per heavy atom. The topological polar surface area (TPSA) is 65.0 Å². The van der Waals surface area contributed by atoms with Gasteiger partial charge in [-0.3, -0.25) is 9.79 Å². The Morgan fingerprint density at radius 1 is 1.21 bits per heavy atom. The zero-order valence-corrected chi connectivity index (χ0v) is 18.1. The predicted molar refractivity (Wildman–Crippen MR) is 113 cm³/mol. The normalized spacial score (nSPS) is 23.3. The highest BCUT2D eigenvalue weighted by Gasteiger charge is 2.48. The molecule has 2 atom stereocenters. The summed E-state index contributed by atoms with van der Waals surface area (Å²) in [7, 11) is 1.37. The quantitative estimate of drug-likeness (QED) is 0.508. The first kappa shape index (κ1) is 21.3. The van der Waals surface area contributed by atoms with Crippen LogP contribution < -0.4 is 4.74 Å². The van der Waals surface area contributed by atoms with Gasteiger partial charge in [0, 0.05) is 29.3 Å². The van der Waals surface area contributed by atoms with Crippen LogP contribution in [0.5, 0.6) is 5.75 Å². The summed E-state index contributed by atoms with van der Waals surface area (Å²) >= 11 is 0. The summed E-state index contributed by atoms with van der Waals surface area (Å²) in [4.78, 5) is 30.7.